The predicted octanol–water partition coefficient (Wildman–Crippen LogP) is 3.94. The highest BCUT2D eigenvalue weighted by Gasteiger charge is 2.47. The first-order valence-corrected chi connectivity index (χ1v) is 11.6. The molecule has 2 amide bonds. The van der Waals surface area contributed by atoms with Crippen molar-refractivity contribution in [1.29, 1.82) is 0 Å². The van der Waals surface area contributed by atoms with E-state index in [1.807, 2.05) is 33.7 Å². The number of hydrogen-bond acceptors (Lipinski definition) is 5. The Morgan fingerprint density at radius 3 is 2.48 bits per heavy atom. The molecule has 31 heavy (non-hydrogen) atoms. The Kier molecular flexibility index (Phi) is 6.62. The number of benzene rings is 2. The lowest BCUT2D eigenvalue weighted by Crippen LogP contribution is -2.54. The molecule has 2 aromatic carbocycles. The van der Waals surface area contributed by atoms with Crippen molar-refractivity contribution in [2.45, 2.75) is 17.7 Å². The fourth-order valence-electron chi connectivity index (χ4n) is 4.18. The average molecular weight is 461 g/mol. The van der Waals surface area contributed by atoms with E-state index in [-0.39, 0.29) is 23.3 Å². The van der Waals surface area contributed by atoms with Gasteiger partial charge in [0, 0.05) is 30.4 Å². The molecule has 1 spiro atoms. The minimum absolute atomic E-state index is 0.00615. The van der Waals surface area contributed by atoms with Crippen LogP contribution in [0, 0.1) is 0 Å². The van der Waals surface area contributed by atoms with Gasteiger partial charge in [0.2, 0.25) is 0 Å². The molecule has 2 aromatic rings. The van der Waals surface area contributed by atoms with E-state index in [2.05, 4.69) is 0 Å². The van der Waals surface area contributed by atoms with Gasteiger partial charge in [-0.3, -0.25) is 9.59 Å². The lowest BCUT2D eigenvalue weighted by atomic mass is 10.0. The van der Waals surface area contributed by atoms with Crippen LogP contribution in [0.3, 0.4) is 0 Å². The number of nitrogens with zero attached hydrogens (tertiary/aromatic N) is 2. The zero-order valence-corrected chi connectivity index (χ0v) is 19.0. The van der Waals surface area contributed by atoms with Crippen LogP contribution in [-0.4, -0.2) is 65.6 Å². The summed E-state index contributed by atoms with van der Waals surface area (Å²) in [5.41, 5.74) is 0.573. The van der Waals surface area contributed by atoms with Crippen molar-refractivity contribution in [3.8, 4) is 11.5 Å². The normalized spacial score (nSPS) is 17.6. The number of halogens is 1. The molecule has 0 aliphatic carbocycles. The summed E-state index contributed by atoms with van der Waals surface area (Å²) in [4.78, 5) is 29.5. The summed E-state index contributed by atoms with van der Waals surface area (Å²) in [7, 11) is 1.57. The Hall–Kier alpha value is -2.38. The summed E-state index contributed by atoms with van der Waals surface area (Å²) < 4.78 is 11.0. The molecule has 0 unspecified atom stereocenters. The number of piperidine rings is 1. The molecule has 8 heteroatoms. The van der Waals surface area contributed by atoms with Crippen molar-refractivity contribution in [1.82, 2.24) is 9.80 Å². The van der Waals surface area contributed by atoms with Crippen molar-refractivity contribution in [2.24, 2.45) is 0 Å². The average Bonchev–Trinajstić information content (AvgIpc) is 3.21. The SMILES string of the molecule is COc1ccccc1C(=O)N1CCC2(CC1)SCCN2C(=O)COc1ccc(Cl)cc1. The zero-order chi connectivity index (χ0) is 21.8. The molecule has 2 heterocycles. The van der Waals surface area contributed by atoms with Crippen LogP contribution in [0.4, 0.5) is 0 Å². The quantitative estimate of drug-likeness (QED) is 0.676. The topological polar surface area (TPSA) is 59.1 Å². The van der Waals surface area contributed by atoms with E-state index in [9.17, 15) is 9.59 Å². The molecule has 0 aromatic heterocycles. The van der Waals surface area contributed by atoms with Gasteiger partial charge in [-0.05, 0) is 49.2 Å². The lowest BCUT2D eigenvalue weighted by molar-refractivity contribution is -0.136. The minimum Gasteiger partial charge on any atom is -0.496 e. The largest absolute Gasteiger partial charge is 0.496 e. The van der Waals surface area contributed by atoms with Crippen LogP contribution in [0.15, 0.2) is 48.5 Å². The zero-order valence-electron chi connectivity index (χ0n) is 17.4. The predicted molar refractivity (Wildman–Crippen MR) is 122 cm³/mol. The number of carbonyl (C=O) groups is 2. The first kappa shape index (κ1) is 21.8. The first-order chi connectivity index (χ1) is 15.0. The van der Waals surface area contributed by atoms with Crippen LogP contribution in [0.5, 0.6) is 11.5 Å². The summed E-state index contributed by atoms with van der Waals surface area (Å²) in [6.07, 6.45) is 1.48. The molecule has 0 bridgehead atoms. The third-order valence-corrected chi connectivity index (χ3v) is 7.63. The third kappa shape index (κ3) is 4.62. The number of carbonyl (C=O) groups excluding carboxylic acids is 2. The number of methoxy groups -OCH3 is 1. The number of likely N-dealkylation sites (tertiary alicyclic amines) is 1. The molecule has 0 saturated carbocycles. The second-order valence-electron chi connectivity index (χ2n) is 7.58. The van der Waals surface area contributed by atoms with E-state index in [4.69, 9.17) is 21.1 Å². The van der Waals surface area contributed by atoms with Gasteiger partial charge in [-0.1, -0.05) is 23.7 Å². The highest BCUT2D eigenvalue weighted by Crippen LogP contribution is 2.44. The van der Waals surface area contributed by atoms with Gasteiger partial charge < -0.3 is 19.3 Å². The van der Waals surface area contributed by atoms with Gasteiger partial charge in [0.05, 0.1) is 17.5 Å². The molecular formula is C23H25ClN2O4S. The van der Waals surface area contributed by atoms with Gasteiger partial charge >= 0.3 is 0 Å². The van der Waals surface area contributed by atoms with Crippen molar-refractivity contribution < 1.29 is 19.1 Å². The second kappa shape index (κ2) is 9.40. The van der Waals surface area contributed by atoms with Crippen LogP contribution in [-0.2, 0) is 4.79 Å². The van der Waals surface area contributed by atoms with Crippen molar-refractivity contribution in [3.63, 3.8) is 0 Å². The maximum atomic E-state index is 13.0. The number of hydrogen-bond donors (Lipinski definition) is 0. The Morgan fingerprint density at radius 2 is 1.77 bits per heavy atom. The van der Waals surface area contributed by atoms with E-state index >= 15 is 0 Å². The number of ether oxygens (including phenoxy) is 2. The summed E-state index contributed by atoms with van der Waals surface area (Å²) in [5.74, 6) is 2.05. The van der Waals surface area contributed by atoms with Gasteiger partial charge in [-0.15, -0.1) is 11.8 Å². The smallest absolute Gasteiger partial charge is 0.261 e. The van der Waals surface area contributed by atoms with Crippen LogP contribution in [0.1, 0.15) is 23.2 Å². The van der Waals surface area contributed by atoms with E-state index in [1.54, 1.807) is 43.5 Å². The summed E-state index contributed by atoms with van der Waals surface area (Å²) in [5, 5.41) is 0.628. The van der Waals surface area contributed by atoms with Crippen LogP contribution >= 0.6 is 23.4 Å². The van der Waals surface area contributed by atoms with Crippen LogP contribution in [0.25, 0.3) is 0 Å². The molecule has 2 aliphatic heterocycles. The molecule has 6 nitrogen and oxygen atoms in total. The number of amides is 2. The molecule has 164 valence electrons. The number of para-hydroxylation sites is 1. The van der Waals surface area contributed by atoms with E-state index in [0.29, 0.717) is 41.7 Å². The van der Waals surface area contributed by atoms with E-state index in [1.165, 1.54) is 0 Å². The Balaban J connectivity index is 1.38. The molecule has 2 aliphatic rings. The Bertz CT molecular complexity index is 945. The molecule has 0 atom stereocenters. The highest BCUT2D eigenvalue weighted by molar-refractivity contribution is 8.00. The molecule has 2 fully saturated rings. The Labute approximate surface area is 191 Å². The fourth-order valence-corrected chi connectivity index (χ4v) is 5.78. The standard InChI is InChI=1S/C23H25ClN2O4S/c1-29-20-5-3-2-4-19(20)22(28)25-12-10-23(11-13-25)26(14-15-31-23)21(27)16-30-18-8-6-17(24)7-9-18/h2-9H,10-16H2,1H3. The summed E-state index contributed by atoms with van der Waals surface area (Å²) >= 11 is 7.71. The number of rotatable bonds is 5. The fraction of sp³-hybridized carbons (Fsp3) is 0.391. The number of thioether (sulfide) groups is 1. The van der Waals surface area contributed by atoms with Crippen molar-refractivity contribution in [3.05, 3.63) is 59.1 Å². The van der Waals surface area contributed by atoms with Gasteiger partial charge in [0.25, 0.3) is 11.8 Å². The van der Waals surface area contributed by atoms with Gasteiger partial charge in [-0.2, -0.15) is 0 Å². The van der Waals surface area contributed by atoms with E-state index in [0.717, 1.165) is 18.6 Å². The van der Waals surface area contributed by atoms with Crippen molar-refractivity contribution in [2.75, 3.05) is 39.1 Å². The monoisotopic (exact) mass is 460 g/mol. The van der Waals surface area contributed by atoms with Gasteiger partial charge in [0.1, 0.15) is 11.5 Å². The summed E-state index contributed by atoms with van der Waals surface area (Å²) in [6, 6.07) is 14.3. The van der Waals surface area contributed by atoms with Crippen molar-refractivity contribution >= 4 is 35.2 Å². The summed E-state index contributed by atoms with van der Waals surface area (Å²) in [6.45, 7) is 1.90. The first-order valence-electron chi connectivity index (χ1n) is 10.3. The van der Waals surface area contributed by atoms with Gasteiger partial charge in [-0.25, -0.2) is 0 Å². The lowest BCUT2D eigenvalue weighted by Gasteiger charge is -2.44. The maximum absolute atomic E-state index is 13.0. The maximum Gasteiger partial charge on any atom is 0.261 e. The molecule has 2 saturated heterocycles. The molecule has 0 radical (unpaired) electrons. The molecular weight excluding hydrogens is 436 g/mol. The minimum atomic E-state index is -0.266. The third-order valence-electron chi connectivity index (χ3n) is 5.82. The Morgan fingerprint density at radius 1 is 1.06 bits per heavy atom. The van der Waals surface area contributed by atoms with E-state index < -0.39 is 0 Å². The second-order valence-corrected chi connectivity index (χ2v) is 9.47. The van der Waals surface area contributed by atoms with Crippen LogP contribution < -0.4 is 9.47 Å². The highest BCUT2D eigenvalue weighted by atomic mass is 35.5. The van der Waals surface area contributed by atoms with Gasteiger partial charge in [0.15, 0.2) is 6.61 Å². The molecule has 4 rings (SSSR count). The van der Waals surface area contributed by atoms with Crippen LogP contribution in [0.2, 0.25) is 5.02 Å². The molecule has 0 N–H and O–H groups in total.